The third-order valence-electron chi connectivity index (χ3n) is 3.21. The molecule has 5 nitrogen and oxygen atoms in total. The van der Waals surface area contributed by atoms with Crippen LogP contribution >= 0.6 is 0 Å². The second-order valence-corrected chi connectivity index (χ2v) is 4.76. The number of nitrogens with one attached hydrogen (secondary N) is 1. The molecule has 0 amide bonds. The Bertz CT molecular complexity index is 442. The Hall–Kier alpha value is -1.78. The average molecular weight is 250 g/mol. The minimum atomic E-state index is -0.380. The van der Waals surface area contributed by atoms with Gasteiger partial charge in [-0.1, -0.05) is 13.0 Å². The van der Waals surface area contributed by atoms with Gasteiger partial charge in [-0.25, -0.2) is 0 Å². The van der Waals surface area contributed by atoms with Crippen LogP contribution in [0.25, 0.3) is 0 Å². The molecule has 0 bridgehead atoms. The van der Waals surface area contributed by atoms with Crippen molar-refractivity contribution < 1.29 is 9.66 Å². The number of rotatable bonds is 5. The van der Waals surface area contributed by atoms with Crippen LogP contribution in [0.1, 0.15) is 26.7 Å². The zero-order valence-corrected chi connectivity index (χ0v) is 10.7. The normalized spacial score (nSPS) is 22.1. The Morgan fingerprint density at radius 1 is 1.50 bits per heavy atom. The van der Waals surface area contributed by atoms with Gasteiger partial charge in [0, 0.05) is 6.04 Å². The molecule has 0 saturated heterocycles. The van der Waals surface area contributed by atoms with Gasteiger partial charge in [0.2, 0.25) is 0 Å². The van der Waals surface area contributed by atoms with Crippen molar-refractivity contribution in [3.05, 3.63) is 28.3 Å². The Morgan fingerprint density at radius 3 is 2.78 bits per heavy atom. The number of para-hydroxylation sites is 1. The number of anilines is 1. The highest BCUT2D eigenvalue weighted by atomic mass is 16.6. The molecule has 1 aromatic carbocycles. The van der Waals surface area contributed by atoms with E-state index in [9.17, 15) is 10.1 Å². The second kappa shape index (κ2) is 5.25. The molecule has 0 unspecified atom stereocenters. The van der Waals surface area contributed by atoms with Crippen LogP contribution in [0, 0.1) is 16.0 Å². The fourth-order valence-corrected chi connectivity index (χ4v) is 2.34. The first-order valence-corrected chi connectivity index (χ1v) is 6.28. The maximum Gasteiger partial charge on any atom is 0.333 e. The first-order chi connectivity index (χ1) is 8.61. The minimum Gasteiger partial charge on any atom is -0.487 e. The molecule has 18 heavy (non-hydrogen) atoms. The standard InChI is InChI=1S/C13H18N2O3/c1-3-18-12-6-4-5-11(13(12)15(16)17)14-10-7-9(2)8-10/h4-6,9-10,14H,3,7-8H2,1-2H3. The van der Waals surface area contributed by atoms with Crippen molar-refractivity contribution in [2.75, 3.05) is 11.9 Å². The highest BCUT2D eigenvalue weighted by Crippen LogP contribution is 2.38. The summed E-state index contributed by atoms with van der Waals surface area (Å²) in [5, 5.41) is 14.4. The van der Waals surface area contributed by atoms with E-state index in [-0.39, 0.29) is 10.6 Å². The van der Waals surface area contributed by atoms with E-state index in [4.69, 9.17) is 4.74 Å². The Morgan fingerprint density at radius 2 is 2.22 bits per heavy atom. The number of nitrogens with zero attached hydrogens (tertiary/aromatic N) is 1. The van der Waals surface area contributed by atoms with E-state index in [0.29, 0.717) is 30.0 Å². The van der Waals surface area contributed by atoms with Crippen LogP contribution in [0.4, 0.5) is 11.4 Å². The number of nitro groups is 1. The smallest absolute Gasteiger partial charge is 0.333 e. The highest BCUT2D eigenvalue weighted by Gasteiger charge is 2.28. The van der Waals surface area contributed by atoms with Gasteiger partial charge in [-0.05, 0) is 37.8 Å². The van der Waals surface area contributed by atoms with E-state index < -0.39 is 0 Å². The molecular weight excluding hydrogens is 232 g/mol. The topological polar surface area (TPSA) is 64.4 Å². The molecule has 0 heterocycles. The summed E-state index contributed by atoms with van der Waals surface area (Å²) < 4.78 is 5.31. The van der Waals surface area contributed by atoms with Crippen LogP contribution in [0.2, 0.25) is 0 Å². The van der Waals surface area contributed by atoms with Crippen LogP contribution in [0.5, 0.6) is 5.75 Å². The molecule has 1 saturated carbocycles. The molecule has 1 N–H and O–H groups in total. The fourth-order valence-electron chi connectivity index (χ4n) is 2.34. The molecule has 1 aliphatic carbocycles. The predicted octanol–water partition coefficient (Wildman–Crippen LogP) is 3.20. The van der Waals surface area contributed by atoms with E-state index in [1.807, 2.05) is 6.92 Å². The molecule has 5 heteroatoms. The Kier molecular flexibility index (Phi) is 3.69. The van der Waals surface area contributed by atoms with Crippen LogP contribution in [0.15, 0.2) is 18.2 Å². The maximum absolute atomic E-state index is 11.2. The second-order valence-electron chi connectivity index (χ2n) is 4.76. The van der Waals surface area contributed by atoms with Gasteiger partial charge in [0.15, 0.2) is 5.75 Å². The lowest BCUT2D eigenvalue weighted by molar-refractivity contribution is -0.385. The summed E-state index contributed by atoms with van der Waals surface area (Å²) in [5.74, 6) is 1.04. The number of hydrogen-bond donors (Lipinski definition) is 1. The van der Waals surface area contributed by atoms with Gasteiger partial charge in [-0.15, -0.1) is 0 Å². The average Bonchev–Trinajstić information content (AvgIpc) is 2.27. The van der Waals surface area contributed by atoms with Gasteiger partial charge in [0.1, 0.15) is 5.69 Å². The van der Waals surface area contributed by atoms with Crippen molar-refractivity contribution in [3.8, 4) is 5.75 Å². The number of nitro benzene ring substituents is 1. The van der Waals surface area contributed by atoms with Crippen molar-refractivity contribution >= 4 is 11.4 Å². The molecule has 1 aromatic rings. The number of hydrogen-bond acceptors (Lipinski definition) is 4. The van der Waals surface area contributed by atoms with Gasteiger partial charge >= 0.3 is 5.69 Å². The SMILES string of the molecule is CCOc1cccc(NC2CC(C)C2)c1[N+](=O)[O-]. The third kappa shape index (κ3) is 2.55. The van der Waals surface area contributed by atoms with E-state index >= 15 is 0 Å². The lowest BCUT2D eigenvalue weighted by atomic mass is 9.82. The number of benzene rings is 1. The molecule has 98 valence electrons. The van der Waals surface area contributed by atoms with Crippen molar-refractivity contribution in [3.63, 3.8) is 0 Å². The lowest BCUT2D eigenvalue weighted by Crippen LogP contribution is -2.33. The summed E-state index contributed by atoms with van der Waals surface area (Å²) in [4.78, 5) is 10.8. The Balaban J connectivity index is 2.22. The van der Waals surface area contributed by atoms with Crippen molar-refractivity contribution in [2.45, 2.75) is 32.7 Å². The summed E-state index contributed by atoms with van der Waals surface area (Å²) in [6.45, 7) is 4.42. The Labute approximate surface area is 106 Å². The maximum atomic E-state index is 11.2. The van der Waals surface area contributed by atoms with E-state index in [2.05, 4.69) is 12.2 Å². The van der Waals surface area contributed by atoms with Crippen LogP contribution < -0.4 is 10.1 Å². The molecule has 0 radical (unpaired) electrons. The zero-order valence-electron chi connectivity index (χ0n) is 10.7. The highest BCUT2D eigenvalue weighted by molar-refractivity contribution is 5.68. The van der Waals surface area contributed by atoms with Gasteiger partial charge in [0.25, 0.3) is 0 Å². The summed E-state index contributed by atoms with van der Waals surface area (Å²) >= 11 is 0. The van der Waals surface area contributed by atoms with Crippen LogP contribution in [0.3, 0.4) is 0 Å². The third-order valence-corrected chi connectivity index (χ3v) is 3.21. The van der Waals surface area contributed by atoms with Crippen LogP contribution in [-0.4, -0.2) is 17.6 Å². The molecule has 2 rings (SSSR count). The predicted molar refractivity (Wildman–Crippen MR) is 70.1 cm³/mol. The first kappa shape index (κ1) is 12.7. The molecule has 0 aliphatic heterocycles. The number of ether oxygens (including phenoxy) is 1. The van der Waals surface area contributed by atoms with Gasteiger partial charge in [-0.3, -0.25) is 10.1 Å². The summed E-state index contributed by atoms with van der Waals surface area (Å²) in [5.41, 5.74) is 0.599. The van der Waals surface area contributed by atoms with E-state index in [1.165, 1.54) is 0 Å². The minimum absolute atomic E-state index is 0.0407. The van der Waals surface area contributed by atoms with Crippen molar-refractivity contribution in [1.82, 2.24) is 0 Å². The summed E-state index contributed by atoms with van der Waals surface area (Å²) in [6, 6.07) is 5.50. The lowest BCUT2D eigenvalue weighted by Gasteiger charge is -2.33. The molecule has 0 aromatic heterocycles. The first-order valence-electron chi connectivity index (χ1n) is 6.28. The summed E-state index contributed by atoms with van der Waals surface area (Å²) in [7, 11) is 0. The van der Waals surface area contributed by atoms with Gasteiger partial charge in [-0.2, -0.15) is 0 Å². The van der Waals surface area contributed by atoms with E-state index in [0.717, 1.165) is 12.8 Å². The quantitative estimate of drug-likeness (QED) is 0.643. The van der Waals surface area contributed by atoms with Gasteiger partial charge < -0.3 is 10.1 Å². The van der Waals surface area contributed by atoms with E-state index in [1.54, 1.807) is 18.2 Å². The molecule has 0 spiro atoms. The van der Waals surface area contributed by atoms with Crippen LogP contribution in [-0.2, 0) is 0 Å². The van der Waals surface area contributed by atoms with Crippen molar-refractivity contribution in [1.29, 1.82) is 0 Å². The fraction of sp³-hybridized carbons (Fsp3) is 0.538. The molecule has 0 atom stereocenters. The molecular formula is C13H18N2O3. The van der Waals surface area contributed by atoms with Gasteiger partial charge in [0.05, 0.1) is 11.5 Å². The summed E-state index contributed by atoms with van der Waals surface area (Å²) in [6.07, 6.45) is 2.13. The largest absolute Gasteiger partial charge is 0.487 e. The molecule has 1 aliphatic rings. The monoisotopic (exact) mass is 250 g/mol. The molecule has 1 fully saturated rings. The zero-order chi connectivity index (χ0) is 13.1. The van der Waals surface area contributed by atoms with Crippen molar-refractivity contribution in [2.24, 2.45) is 5.92 Å².